The molecule has 0 aliphatic rings. The van der Waals surface area contributed by atoms with Gasteiger partial charge in [-0.25, -0.2) is 0 Å². The van der Waals surface area contributed by atoms with E-state index in [9.17, 15) is 0 Å². The van der Waals surface area contributed by atoms with Crippen LogP contribution in [0.15, 0.2) is 0 Å². The van der Waals surface area contributed by atoms with Crippen molar-refractivity contribution in [1.29, 1.82) is 0 Å². The summed E-state index contributed by atoms with van der Waals surface area (Å²) in [5.74, 6) is 0. The fourth-order valence-electron chi connectivity index (χ4n) is 0. The Bertz CT molecular complexity index is 35.9. The molecule has 0 amide bonds. The number of rotatable bonds is 0. The number of nitrogens with zero attached hydrogens (tertiary/aromatic N) is 1. The Hall–Kier alpha value is 0.0600. The minimum Gasteiger partial charge on any atom is -1.00 e. The van der Waals surface area contributed by atoms with Crippen LogP contribution in [-0.2, 0) is 0 Å². The molecule has 0 heterocycles. The van der Waals surface area contributed by atoms with Crippen molar-refractivity contribution in [3.63, 3.8) is 0 Å². The molecule has 0 saturated carbocycles. The fraction of sp³-hybridized carbons (Fsp3) is 0. The third-order valence-electron chi connectivity index (χ3n) is 0. The molecular formula is H2F2NNaO3. The zero-order valence-corrected chi connectivity index (χ0v) is 5.50. The van der Waals surface area contributed by atoms with Crippen molar-refractivity contribution in [3.05, 3.63) is 10.1 Å². The predicted molar refractivity (Wildman–Crippen MR) is 11.3 cm³/mol. The van der Waals surface area contributed by atoms with Crippen molar-refractivity contribution in [2.45, 2.75) is 0 Å². The van der Waals surface area contributed by atoms with Crippen molar-refractivity contribution in [3.8, 4) is 0 Å². The Morgan fingerprint density at radius 1 is 1.57 bits per heavy atom. The fourth-order valence-corrected chi connectivity index (χ4v) is 0. The molecule has 0 unspecified atom stereocenters. The maximum Gasteiger partial charge on any atom is 1.00 e. The minimum absolute atomic E-state index is 0. The first-order valence-electron chi connectivity index (χ1n) is 0.565. The zero-order chi connectivity index (χ0) is 3.58. The molecule has 0 aromatic heterocycles. The Balaban J connectivity index is -0.0000000150. The van der Waals surface area contributed by atoms with Crippen LogP contribution in [0.1, 0.15) is 0 Å². The van der Waals surface area contributed by atoms with Crippen LogP contribution in [0.2, 0.25) is 0 Å². The van der Waals surface area contributed by atoms with E-state index < -0.39 is 5.09 Å². The topological polar surface area (TPSA) is 63.4 Å². The third-order valence-corrected chi connectivity index (χ3v) is 0. The molecule has 0 aromatic rings. The van der Waals surface area contributed by atoms with Crippen molar-refractivity contribution < 1.29 is 49.3 Å². The minimum atomic E-state index is -1.50. The van der Waals surface area contributed by atoms with Crippen molar-refractivity contribution in [2.75, 3.05) is 0 Å². The molecule has 40 valence electrons. The first kappa shape index (κ1) is 27.7. The summed E-state index contributed by atoms with van der Waals surface area (Å²) >= 11 is 0. The maximum atomic E-state index is 8.36. The molecule has 0 aliphatic heterocycles. The largest absolute Gasteiger partial charge is 1.00 e. The molecule has 1 N–H and O–H groups in total. The van der Waals surface area contributed by atoms with E-state index in [1.54, 1.807) is 0 Å². The van der Waals surface area contributed by atoms with Gasteiger partial charge in [0.25, 0.3) is 5.09 Å². The molecule has 0 aromatic carbocycles. The Morgan fingerprint density at radius 2 is 1.57 bits per heavy atom. The van der Waals surface area contributed by atoms with E-state index in [-0.39, 0.29) is 39.0 Å². The van der Waals surface area contributed by atoms with Crippen LogP contribution in [0.5, 0.6) is 0 Å². The molecule has 0 radical (unpaired) electrons. The van der Waals surface area contributed by atoms with Crippen LogP contribution < -0.4 is 34.3 Å². The first-order valence-corrected chi connectivity index (χ1v) is 0.565. The van der Waals surface area contributed by atoms with Gasteiger partial charge in [0.2, 0.25) is 0 Å². The molecule has 7 heteroatoms. The molecule has 0 aliphatic carbocycles. The molecule has 0 atom stereocenters. The van der Waals surface area contributed by atoms with Crippen molar-refractivity contribution in [2.24, 2.45) is 0 Å². The molecule has 0 saturated heterocycles. The second-order valence-electron chi connectivity index (χ2n) is 0.238. The summed E-state index contributed by atoms with van der Waals surface area (Å²) in [4.78, 5) is 8.36. The molecule has 0 rings (SSSR count). The van der Waals surface area contributed by atoms with Gasteiger partial charge in [-0.05, 0) is 0 Å². The standard InChI is InChI=1S/2FH.HNO3.Na/c;;2-1(3)4;/h2*1H;(H,2,3,4);/q;;;+1/p-1. The monoisotopic (exact) mass is 125 g/mol. The SMILES string of the molecule is F.O=[N+]([O-])O.[F-].[Na+]. The van der Waals surface area contributed by atoms with Gasteiger partial charge >= 0.3 is 29.6 Å². The summed E-state index contributed by atoms with van der Waals surface area (Å²) in [6.07, 6.45) is 0. The maximum absolute atomic E-state index is 8.36. The molecule has 0 fully saturated rings. The Labute approximate surface area is 59.6 Å². The van der Waals surface area contributed by atoms with Crippen molar-refractivity contribution in [1.82, 2.24) is 0 Å². The van der Waals surface area contributed by atoms with Gasteiger partial charge in [0.1, 0.15) is 0 Å². The van der Waals surface area contributed by atoms with E-state index in [1.165, 1.54) is 0 Å². The summed E-state index contributed by atoms with van der Waals surface area (Å²) in [6, 6.07) is 0. The number of halogens is 2. The molecule has 4 nitrogen and oxygen atoms in total. The summed E-state index contributed by atoms with van der Waals surface area (Å²) in [5.41, 5.74) is 0. The quantitative estimate of drug-likeness (QED) is 0.199. The average Bonchev–Trinajstić information content (AvgIpc) is 0.811. The van der Waals surface area contributed by atoms with E-state index in [0.29, 0.717) is 0 Å². The van der Waals surface area contributed by atoms with E-state index in [4.69, 9.17) is 15.3 Å². The molecular weight excluding hydrogens is 123 g/mol. The van der Waals surface area contributed by atoms with Crippen LogP contribution in [-0.4, -0.2) is 10.3 Å². The zero-order valence-electron chi connectivity index (χ0n) is 3.50. The molecule has 0 bridgehead atoms. The number of hydrogen-bond donors (Lipinski definition) is 1. The van der Waals surface area contributed by atoms with Crippen LogP contribution in [0, 0.1) is 10.1 Å². The first-order chi connectivity index (χ1) is 1.73. The molecule has 7 heavy (non-hydrogen) atoms. The summed E-state index contributed by atoms with van der Waals surface area (Å²) in [6.45, 7) is 0. The van der Waals surface area contributed by atoms with E-state index in [1.807, 2.05) is 0 Å². The van der Waals surface area contributed by atoms with Gasteiger partial charge in [0, 0.05) is 0 Å². The van der Waals surface area contributed by atoms with Crippen molar-refractivity contribution >= 4 is 0 Å². The van der Waals surface area contributed by atoms with Gasteiger partial charge in [-0.3, -0.25) is 4.70 Å². The van der Waals surface area contributed by atoms with Gasteiger partial charge in [-0.1, -0.05) is 0 Å². The van der Waals surface area contributed by atoms with Crippen LogP contribution in [0.4, 0.5) is 4.70 Å². The van der Waals surface area contributed by atoms with Gasteiger partial charge in [-0.2, -0.15) is 0 Å². The second-order valence-corrected chi connectivity index (χ2v) is 0.238. The van der Waals surface area contributed by atoms with Gasteiger partial charge < -0.3 is 9.91 Å². The Kier molecular flexibility index (Phi) is 65.5. The summed E-state index contributed by atoms with van der Waals surface area (Å²) in [7, 11) is 0. The van der Waals surface area contributed by atoms with Gasteiger partial charge in [0.05, 0.1) is 0 Å². The van der Waals surface area contributed by atoms with Crippen LogP contribution in [0.25, 0.3) is 0 Å². The van der Waals surface area contributed by atoms with Crippen LogP contribution in [0.3, 0.4) is 0 Å². The predicted octanol–water partition coefficient (Wildman–Crippen LogP) is -6.19. The second kappa shape index (κ2) is 16.6. The average molecular weight is 125 g/mol. The Morgan fingerprint density at radius 3 is 1.57 bits per heavy atom. The van der Waals surface area contributed by atoms with E-state index in [0.717, 1.165) is 0 Å². The van der Waals surface area contributed by atoms with Crippen LogP contribution >= 0.6 is 0 Å². The van der Waals surface area contributed by atoms with E-state index in [2.05, 4.69) is 0 Å². The summed E-state index contributed by atoms with van der Waals surface area (Å²) < 4.78 is 0. The number of hydrogen-bond acceptors (Lipinski definition) is 2. The third kappa shape index (κ3) is 27700. The molecule has 0 spiro atoms. The smallest absolute Gasteiger partial charge is 1.00 e. The van der Waals surface area contributed by atoms with Gasteiger partial charge in [-0.15, -0.1) is 10.1 Å². The normalized spacial score (nSPS) is 3.43. The van der Waals surface area contributed by atoms with Gasteiger partial charge in [0.15, 0.2) is 0 Å². The summed E-state index contributed by atoms with van der Waals surface area (Å²) in [5, 5.41) is 13.6. The van der Waals surface area contributed by atoms with E-state index >= 15 is 0 Å².